The molecule has 0 spiro atoms. The molecule has 5 rings (SSSR count). The maximum atomic E-state index is 12.9. The van der Waals surface area contributed by atoms with Gasteiger partial charge in [0.25, 0.3) is 5.91 Å². The van der Waals surface area contributed by atoms with E-state index in [0.29, 0.717) is 60.0 Å². The number of nitrogen functional groups attached to an aromatic ring is 1. The minimum atomic E-state index is -0.209. The number of amides is 2. The van der Waals surface area contributed by atoms with E-state index >= 15 is 0 Å². The number of carbonyl (C=O) groups is 2. The van der Waals surface area contributed by atoms with Gasteiger partial charge in [0.05, 0.1) is 24.1 Å². The van der Waals surface area contributed by atoms with Crippen molar-refractivity contribution >= 4 is 28.7 Å². The molecule has 4 aromatic rings. The van der Waals surface area contributed by atoms with Crippen LogP contribution in [-0.4, -0.2) is 82.2 Å². The number of carbonyl (C=O) groups excluding carboxylic acids is 2. The average molecular weight is 569 g/mol. The molecule has 0 bridgehead atoms. The lowest BCUT2D eigenvalue weighted by Crippen LogP contribution is -2.40. The largest absolute Gasteiger partial charge is 0.496 e. The predicted molar refractivity (Wildman–Crippen MR) is 162 cm³/mol. The molecule has 1 aliphatic heterocycles. The number of hydrogen-bond donors (Lipinski definition) is 2. The molecule has 3 N–H and O–H groups in total. The first-order valence-corrected chi connectivity index (χ1v) is 13.9. The molecule has 11 heteroatoms. The number of nitrogens with one attached hydrogen (secondary N) is 1. The normalized spacial score (nSPS) is 15.4. The Morgan fingerprint density at radius 2 is 1.93 bits per heavy atom. The van der Waals surface area contributed by atoms with Crippen molar-refractivity contribution in [1.82, 2.24) is 34.9 Å². The molecule has 11 nitrogen and oxygen atoms in total. The second-order valence-corrected chi connectivity index (χ2v) is 10.6. The number of piperidine rings is 1. The third kappa shape index (κ3) is 6.26. The van der Waals surface area contributed by atoms with Crippen LogP contribution in [0.2, 0.25) is 0 Å². The topological polar surface area (TPSA) is 132 Å². The van der Waals surface area contributed by atoms with Crippen molar-refractivity contribution in [3.63, 3.8) is 0 Å². The molecule has 2 aromatic heterocycles. The lowest BCUT2D eigenvalue weighted by atomic mass is 10.1. The molecular formula is C31H36N8O3. The Morgan fingerprint density at radius 3 is 2.69 bits per heavy atom. The lowest BCUT2D eigenvalue weighted by molar-refractivity contribution is -0.127. The molecule has 3 heterocycles. The van der Waals surface area contributed by atoms with Gasteiger partial charge in [-0.25, -0.2) is 14.6 Å². The van der Waals surface area contributed by atoms with Gasteiger partial charge in [0.1, 0.15) is 23.6 Å². The number of methoxy groups -OCH3 is 1. The molecule has 42 heavy (non-hydrogen) atoms. The van der Waals surface area contributed by atoms with Crippen molar-refractivity contribution in [2.75, 3.05) is 46.6 Å². The highest BCUT2D eigenvalue weighted by Gasteiger charge is 2.28. The zero-order valence-corrected chi connectivity index (χ0v) is 24.2. The highest BCUT2D eigenvalue weighted by molar-refractivity contribution is 5.98. The number of fused-ring (bicyclic) bond motifs is 1. The predicted octanol–water partition coefficient (Wildman–Crippen LogP) is 3.30. The molecule has 1 saturated heterocycles. The van der Waals surface area contributed by atoms with Gasteiger partial charge in [0.15, 0.2) is 5.65 Å². The quantitative estimate of drug-likeness (QED) is 0.294. The monoisotopic (exact) mass is 568 g/mol. The number of para-hydroxylation sites is 1. The fraction of sp³-hybridized carbons (Fsp3) is 0.323. The highest BCUT2D eigenvalue weighted by Crippen LogP contribution is 2.34. The number of likely N-dealkylation sites (tertiary alicyclic amines) is 1. The summed E-state index contributed by atoms with van der Waals surface area (Å²) in [6, 6.07) is 14.9. The van der Waals surface area contributed by atoms with Gasteiger partial charge in [-0.2, -0.15) is 5.10 Å². The number of hydrogen-bond acceptors (Lipinski definition) is 8. The van der Waals surface area contributed by atoms with Crippen LogP contribution in [0.5, 0.6) is 5.75 Å². The van der Waals surface area contributed by atoms with E-state index in [2.05, 4.69) is 15.3 Å². The second kappa shape index (κ2) is 12.8. The van der Waals surface area contributed by atoms with Crippen LogP contribution in [0.25, 0.3) is 22.3 Å². The molecule has 2 amide bonds. The van der Waals surface area contributed by atoms with Gasteiger partial charge in [-0.15, -0.1) is 0 Å². The third-order valence-corrected chi connectivity index (χ3v) is 7.34. The van der Waals surface area contributed by atoms with Gasteiger partial charge in [-0.05, 0) is 44.6 Å². The summed E-state index contributed by atoms with van der Waals surface area (Å²) in [5, 5.41) is 8.61. The average Bonchev–Trinajstić information content (AvgIpc) is 3.41. The van der Waals surface area contributed by atoms with Gasteiger partial charge in [0.2, 0.25) is 5.91 Å². The molecule has 218 valence electrons. The van der Waals surface area contributed by atoms with Gasteiger partial charge in [-0.1, -0.05) is 42.5 Å². The zero-order valence-electron chi connectivity index (χ0n) is 24.2. The molecule has 0 saturated carbocycles. The highest BCUT2D eigenvalue weighted by atomic mass is 16.5. The number of nitrogens with zero attached hydrogens (tertiary/aromatic N) is 6. The lowest BCUT2D eigenvalue weighted by Gasteiger charge is -2.32. The van der Waals surface area contributed by atoms with E-state index in [4.69, 9.17) is 15.6 Å². The number of benzene rings is 2. The number of likely N-dealkylation sites (N-methyl/N-ethyl adjacent to an activating group) is 1. The Bertz CT molecular complexity index is 1600. The van der Waals surface area contributed by atoms with E-state index < -0.39 is 0 Å². The van der Waals surface area contributed by atoms with Crippen LogP contribution >= 0.6 is 0 Å². The van der Waals surface area contributed by atoms with Crippen molar-refractivity contribution < 1.29 is 14.3 Å². The number of rotatable bonds is 9. The number of aromatic nitrogens is 4. The molecule has 1 fully saturated rings. The summed E-state index contributed by atoms with van der Waals surface area (Å²) in [5.41, 5.74) is 9.94. The Kier molecular flexibility index (Phi) is 8.77. The third-order valence-electron chi connectivity index (χ3n) is 7.34. The summed E-state index contributed by atoms with van der Waals surface area (Å²) in [6.07, 6.45) is 6.72. The van der Waals surface area contributed by atoms with Gasteiger partial charge in [0, 0.05) is 37.8 Å². The summed E-state index contributed by atoms with van der Waals surface area (Å²) < 4.78 is 7.20. The molecule has 0 radical (unpaired) electrons. The molecule has 0 unspecified atom stereocenters. The van der Waals surface area contributed by atoms with Crippen LogP contribution in [0.4, 0.5) is 5.82 Å². The molecule has 1 aliphatic rings. The zero-order chi connectivity index (χ0) is 29.6. The maximum absolute atomic E-state index is 12.9. The van der Waals surface area contributed by atoms with Crippen molar-refractivity contribution in [2.45, 2.75) is 25.4 Å². The Labute approximate surface area is 245 Å². The Morgan fingerprint density at radius 1 is 1.14 bits per heavy atom. The summed E-state index contributed by atoms with van der Waals surface area (Å²) in [7, 11) is 5.48. The standard InChI is InChI=1S/C31H36N8O3/c1-37(2)16-7-11-26(40)38-17-6-8-23(19-38)39-30-27(29(32)34-20-35-30)28(36-39)22-14-12-21(13-15-22)18-33-31(41)24-9-4-5-10-25(24)42-3/h4-5,7,9-15,20,23H,6,8,16-19H2,1-3H3,(H,33,41)(H2,32,34,35)/t23-/m1/s1. The molecule has 0 aliphatic carbocycles. The fourth-order valence-electron chi connectivity index (χ4n) is 5.17. The van der Waals surface area contributed by atoms with Gasteiger partial charge >= 0.3 is 0 Å². The van der Waals surface area contributed by atoms with Crippen LogP contribution in [0.15, 0.2) is 67.0 Å². The summed E-state index contributed by atoms with van der Waals surface area (Å²) in [5.74, 6) is 0.670. The minimum absolute atomic E-state index is 0.000706. The van der Waals surface area contributed by atoms with Crippen molar-refractivity contribution in [3.05, 3.63) is 78.1 Å². The number of nitrogens with two attached hydrogens (primary N) is 1. The number of anilines is 1. The van der Waals surface area contributed by atoms with Crippen LogP contribution in [-0.2, 0) is 11.3 Å². The summed E-state index contributed by atoms with van der Waals surface area (Å²) in [6.45, 7) is 2.31. The van der Waals surface area contributed by atoms with E-state index in [1.807, 2.05) is 65.0 Å². The first kappa shape index (κ1) is 28.7. The van der Waals surface area contributed by atoms with Crippen LogP contribution in [0.1, 0.15) is 34.8 Å². The summed E-state index contributed by atoms with van der Waals surface area (Å²) >= 11 is 0. The van der Waals surface area contributed by atoms with Gasteiger partial charge < -0.3 is 25.6 Å². The van der Waals surface area contributed by atoms with E-state index in [-0.39, 0.29) is 17.9 Å². The van der Waals surface area contributed by atoms with Crippen LogP contribution < -0.4 is 15.8 Å². The van der Waals surface area contributed by atoms with Gasteiger partial charge in [-0.3, -0.25) is 9.59 Å². The van der Waals surface area contributed by atoms with E-state index in [1.165, 1.54) is 6.33 Å². The first-order chi connectivity index (χ1) is 20.4. The molecule has 1 atom stereocenters. The van der Waals surface area contributed by atoms with E-state index in [1.54, 1.807) is 31.4 Å². The minimum Gasteiger partial charge on any atom is -0.496 e. The maximum Gasteiger partial charge on any atom is 0.255 e. The molecular weight excluding hydrogens is 532 g/mol. The smallest absolute Gasteiger partial charge is 0.255 e. The Hall–Kier alpha value is -4.77. The summed E-state index contributed by atoms with van der Waals surface area (Å²) in [4.78, 5) is 38.2. The van der Waals surface area contributed by atoms with E-state index in [9.17, 15) is 9.59 Å². The van der Waals surface area contributed by atoms with Crippen LogP contribution in [0.3, 0.4) is 0 Å². The second-order valence-electron chi connectivity index (χ2n) is 10.6. The van der Waals surface area contributed by atoms with E-state index in [0.717, 1.165) is 24.0 Å². The van der Waals surface area contributed by atoms with Crippen molar-refractivity contribution in [1.29, 1.82) is 0 Å². The fourth-order valence-corrected chi connectivity index (χ4v) is 5.17. The number of ether oxygens (including phenoxy) is 1. The Balaban J connectivity index is 1.35. The van der Waals surface area contributed by atoms with Crippen molar-refractivity contribution in [3.8, 4) is 17.0 Å². The van der Waals surface area contributed by atoms with Crippen molar-refractivity contribution in [2.24, 2.45) is 0 Å². The first-order valence-electron chi connectivity index (χ1n) is 13.9. The van der Waals surface area contributed by atoms with Crippen LogP contribution in [0, 0.1) is 0 Å². The SMILES string of the molecule is COc1ccccc1C(=O)NCc1ccc(-c2nn([C@@H]3CCCN(C(=O)C=CCN(C)C)C3)c3ncnc(N)c23)cc1. The molecule has 2 aromatic carbocycles.